The lowest BCUT2D eigenvalue weighted by Crippen LogP contribution is -2.62. The first-order chi connectivity index (χ1) is 6.49. The molecule has 1 fully saturated rings. The van der Waals surface area contributed by atoms with Crippen LogP contribution in [0.3, 0.4) is 0 Å². The van der Waals surface area contributed by atoms with Crippen molar-refractivity contribution in [2.45, 2.75) is 38.8 Å². The minimum absolute atomic E-state index is 0.0582. The lowest BCUT2D eigenvalue weighted by molar-refractivity contribution is -0.146. The Bertz CT molecular complexity index is 216. The van der Waals surface area contributed by atoms with Crippen molar-refractivity contribution in [3.8, 4) is 0 Å². The zero-order valence-corrected chi connectivity index (χ0v) is 9.21. The molecule has 0 amide bonds. The smallest absolute Gasteiger partial charge is 0.320 e. The maximum absolute atomic E-state index is 11.1. The maximum Gasteiger partial charge on any atom is 0.320 e. The molecule has 14 heavy (non-hydrogen) atoms. The molecule has 0 aromatic carbocycles. The first-order valence-electron chi connectivity index (χ1n) is 5.19. The molecule has 1 atom stereocenters. The van der Waals surface area contributed by atoms with E-state index in [9.17, 15) is 4.79 Å². The van der Waals surface area contributed by atoms with Crippen molar-refractivity contribution in [3.63, 3.8) is 0 Å². The molecule has 0 bridgehead atoms. The van der Waals surface area contributed by atoms with Gasteiger partial charge in [-0.3, -0.25) is 9.69 Å². The molecule has 0 aliphatic carbocycles. The van der Waals surface area contributed by atoms with E-state index < -0.39 is 5.97 Å². The van der Waals surface area contributed by atoms with E-state index in [1.165, 1.54) is 0 Å². The number of carboxylic acids is 1. The third kappa shape index (κ3) is 2.25. The summed E-state index contributed by atoms with van der Waals surface area (Å²) in [6, 6.07) is -0.341. The lowest BCUT2D eigenvalue weighted by Gasteiger charge is -2.45. The van der Waals surface area contributed by atoms with E-state index in [1.54, 1.807) is 0 Å². The quantitative estimate of drug-likeness (QED) is 0.698. The fraction of sp³-hybridized carbons (Fsp3) is 0.900. The molecule has 0 aromatic heterocycles. The van der Waals surface area contributed by atoms with E-state index in [0.717, 1.165) is 19.6 Å². The summed E-state index contributed by atoms with van der Waals surface area (Å²) in [6.45, 7) is 8.66. The number of carbonyl (C=O) groups is 1. The van der Waals surface area contributed by atoms with E-state index in [0.29, 0.717) is 6.42 Å². The average Bonchev–Trinajstić information content (AvgIpc) is 2.08. The number of carboxylic acid groups (broad SMARTS) is 1. The maximum atomic E-state index is 11.1. The van der Waals surface area contributed by atoms with Crippen molar-refractivity contribution in [2.75, 3.05) is 19.6 Å². The van der Waals surface area contributed by atoms with E-state index >= 15 is 0 Å². The summed E-state index contributed by atoms with van der Waals surface area (Å²) in [5.41, 5.74) is -0.0582. The molecular weight excluding hydrogens is 180 g/mol. The number of rotatable bonds is 3. The van der Waals surface area contributed by atoms with Gasteiger partial charge in [0.2, 0.25) is 0 Å². The first kappa shape index (κ1) is 11.5. The minimum Gasteiger partial charge on any atom is -0.480 e. The Morgan fingerprint density at radius 1 is 1.64 bits per heavy atom. The molecule has 0 spiro atoms. The summed E-state index contributed by atoms with van der Waals surface area (Å²) < 4.78 is 0. The van der Waals surface area contributed by atoms with Crippen molar-refractivity contribution in [3.05, 3.63) is 0 Å². The zero-order valence-electron chi connectivity index (χ0n) is 9.21. The highest BCUT2D eigenvalue weighted by Gasteiger charge is 2.36. The number of hydrogen-bond donors (Lipinski definition) is 2. The second-order valence-electron chi connectivity index (χ2n) is 4.44. The molecule has 82 valence electrons. The predicted molar refractivity (Wildman–Crippen MR) is 55.4 cm³/mol. The van der Waals surface area contributed by atoms with Gasteiger partial charge in [-0.1, -0.05) is 6.92 Å². The molecule has 0 saturated carbocycles. The van der Waals surface area contributed by atoms with Crippen LogP contribution in [0.4, 0.5) is 0 Å². The van der Waals surface area contributed by atoms with E-state index in [-0.39, 0.29) is 11.6 Å². The third-order valence-electron chi connectivity index (χ3n) is 2.91. The summed E-state index contributed by atoms with van der Waals surface area (Å²) in [5.74, 6) is -0.706. The fourth-order valence-electron chi connectivity index (χ4n) is 2.10. The van der Waals surface area contributed by atoms with Gasteiger partial charge >= 0.3 is 5.97 Å². The van der Waals surface area contributed by atoms with E-state index in [2.05, 4.69) is 24.1 Å². The van der Waals surface area contributed by atoms with Crippen molar-refractivity contribution in [2.24, 2.45) is 0 Å². The Morgan fingerprint density at radius 3 is 2.71 bits per heavy atom. The molecule has 4 nitrogen and oxygen atoms in total. The summed E-state index contributed by atoms with van der Waals surface area (Å²) in [7, 11) is 0. The molecule has 2 N–H and O–H groups in total. The lowest BCUT2D eigenvalue weighted by atomic mass is 9.96. The van der Waals surface area contributed by atoms with Crippen LogP contribution in [0.5, 0.6) is 0 Å². The van der Waals surface area contributed by atoms with Gasteiger partial charge in [0.05, 0.1) is 0 Å². The second kappa shape index (κ2) is 4.28. The van der Waals surface area contributed by atoms with Crippen molar-refractivity contribution >= 4 is 5.97 Å². The Hall–Kier alpha value is -0.610. The van der Waals surface area contributed by atoms with E-state index in [1.807, 2.05) is 6.92 Å². The van der Waals surface area contributed by atoms with Crippen LogP contribution < -0.4 is 5.32 Å². The standard InChI is InChI=1S/C10H20N2O2/c1-4-8(9(13)14)12-6-5-11-7-10(12,2)3/h8,11H,4-7H2,1-3H3,(H,13,14). The van der Waals surface area contributed by atoms with Gasteiger partial charge < -0.3 is 10.4 Å². The molecular formula is C10H20N2O2. The van der Waals surface area contributed by atoms with Gasteiger partial charge in [-0.15, -0.1) is 0 Å². The van der Waals surface area contributed by atoms with Crippen molar-refractivity contribution in [1.29, 1.82) is 0 Å². The highest BCUT2D eigenvalue weighted by atomic mass is 16.4. The molecule has 0 radical (unpaired) electrons. The Morgan fingerprint density at radius 2 is 2.29 bits per heavy atom. The zero-order chi connectivity index (χ0) is 10.8. The number of hydrogen-bond acceptors (Lipinski definition) is 3. The Kier molecular flexibility index (Phi) is 3.50. The van der Waals surface area contributed by atoms with Gasteiger partial charge in [-0.25, -0.2) is 0 Å². The van der Waals surface area contributed by atoms with Crippen LogP contribution >= 0.6 is 0 Å². The number of aliphatic carboxylic acids is 1. The first-order valence-corrected chi connectivity index (χ1v) is 5.19. The highest BCUT2D eigenvalue weighted by molar-refractivity contribution is 5.73. The molecule has 0 aromatic rings. The summed E-state index contributed by atoms with van der Waals surface area (Å²) in [4.78, 5) is 13.1. The van der Waals surface area contributed by atoms with Crippen LogP contribution in [0.1, 0.15) is 27.2 Å². The van der Waals surface area contributed by atoms with Crippen molar-refractivity contribution in [1.82, 2.24) is 10.2 Å². The molecule has 1 rings (SSSR count). The number of nitrogens with zero attached hydrogens (tertiary/aromatic N) is 1. The normalized spacial score (nSPS) is 24.5. The van der Waals surface area contributed by atoms with Gasteiger partial charge in [0.15, 0.2) is 0 Å². The van der Waals surface area contributed by atoms with Crippen LogP contribution in [0.15, 0.2) is 0 Å². The second-order valence-corrected chi connectivity index (χ2v) is 4.44. The van der Waals surface area contributed by atoms with Gasteiger partial charge in [0.25, 0.3) is 0 Å². The van der Waals surface area contributed by atoms with Gasteiger partial charge in [-0.2, -0.15) is 0 Å². The predicted octanol–water partition coefficient (Wildman–Crippen LogP) is 0.533. The topological polar surface area (TPSA) is 52.6 Å². The van der Waals surface area contributed by atoms with Crippen LogP contribution in [-0.4, -0.2) is 47.2 Å². The van der Waals surface area contributed by atoms with Crippen molar-refractivity contribution < 1.29 is 9.90 Å². The third-order valence-corrected chi connectivity index (χ3v) is 2.91. The molecule has 4 heteroatoms. The average molecular weight is 200 g/mol. The van der Waals surface area contributed by atoms with Crippen LogP contribution in [0.2, 0.25) is 0 Å². The molecule has 1 aliphatic heterocycles. The molecule has 1 saturated heterocycles. The Labute approximate surface area is 85.3 Å². The molecule has 1 unspecified atom stereocenters. The van der Waals surface area contributed by atoms with Crippen LogP contribution in [0.25, 0.3) is 0 Å². The van der Waals surface area contributed by atoms with Gasteiger partial charge in [0.1, 0.15) is 6.04 Å². The number of nitrogens with one attached hydrogen (secondary N) is 1. The Balaban J connectivity index is 2.76. The highest BCUT2D eigenvalue weighted by Crippen LogP contribution is 2.21. The molecule has 1 heterocycles. The number of piperazine rings is 1. The summed E-state index contributed by atoms with van der Waals surface area (Å²) >= 11 is 0. The molecule has 1 aliphatic rings. The summed E-state index contributed by atoms with van der Waals surface area (Å²) in [6.07, 6.45) is 0.665. The van der Waals surface area contributed by atoms with E-state index in [4.69, 9.17) is 5.11 Å². The van der Waals surface area contributed by atoms with Crippen LogP contribution in [0, 0.1) is 0 Å². The van der Waals surface area contributed by atoms with Gasteiger partial charge in [0, 0.05) is 25.2 Å². The SMILES string of the molecule is CCC(C(=O)O)N1CCNCC1(C)C. The van der Waals surface area contributed by atoms with Gasteiger partial charge in [-0.05, 0) is 20.3 Å². The fourth-order valence-corrected chi connectivity index (χ4v) is 2.10. The monoisotopic (exact) mass is 200 g/mol. The largest absolute Gasteiger partial charge is 0.480 e. The summed E-state index contributed by atoms with van der Waals surface area (Å²) in [5, 5.41) is 12.4. The van der Waals surface area contributed by atoms with Crippen LogP contribution in [-0.2, 0) is 4.79 Å². The minimum atomic E-state index is -0.706.